The van der Waals surface area contributed by atoms with E-state index in [0.717, 1.165) is 10.1 Å². The second-order valence-corrected chi connectivity index (χ2v) is 6.22. The first-order valence-electron chi connectivity index (χ1n) is 5.52. The fourth-order valence-corrected chi connectivity index (χ4v) is 3.19. The lowest BCUT2D eigenvalue weighted by Gasteiger charge is -2.12. The number of thiazole rings is 1. The van der Waals surface area contributed by atoms with Crippen LogP contribution in [0.15, 0.2) is 34.1 Å². The average molecular weight is 264 g/mol. The Hall–Kier alpha value is -0.840. The van der Waals surface area contributed by atoms with Crippen LogP contribution in [-0.2, 0) is 0 Å². The maximum atomic E-state index is 6.19. The van der Waals surface area contributed by atoms with Crippen molar-refractivity contribution in [2.24, 2.45) is 5.73 Å². The summed E-state index contributed by atoms with van der Waals surface area (Å²) in [4.78, 5) is 4.24. The van der Waals surface area contributed by atoms with Crippen LogP contribution in [0.3, 0.4) is 0 Å². The number of thioether (sulfide) groups is 1. The predicted octanol–water partition coefficient (Wildman–Crippen LogP) is 3.55. The van der Waals surface area contributed by atoms with Crippen LogP contribution < -0.4 is 5.73 Å². The van der Waals surface area contributed by atoms with Crippen molar-refractivity contribution in [2.45, 2.75) is 24.2 Å². The van der Waals surface area contributed by atoms with Gasteiger partial charge < -0.3 is 5.73 Å². The zero-order chi connectivity index (χ0) is 12.3. The number of aromatic nitrogens is 1. The normalized spacial score (nSPS) is 12.6. The van der Waals surface area contributed by atoms with Crippen LogP contribution >= 0.6 is 23.1 Å². The molecule has 0 aliphatic carbocycles. The van der Waals surface area contributed by atoms with Crippen LogP contribution in [0.25, 0.3) is 0 Å². The van der Waals surface area contributed by atoms with E-state index in [1.807, 2.05) is 11.6 Å². The molecule has 1 heterocycles. The highest BCUT2D eigenvalue weighted by molar-refractivity contribution is 8.01. The van der Waals surface area contributed by atoms with Gasteiger partial charge in [0, 0.05) is 23.4 Å². The molecule has 1 atom stereocenters. The standard InChI is InChI=1S/C13H16N2S2/c1-9-3-4-11(7-10(9)2)12(14)8-17-13-15-5-6-16-13/h3-7,12H,8,14H2,1-2H3. The van der Waals surface area contributed by atoms with E-state index in [0.29, 0.717) is 0 Å². The van der Waals surface area contributed by atoms with Crippen molar-refractivity contribution < 1.29 is 0 Å². The van der Waals surface area contributed by atoms with Gasteiger partial charge in [0.1, 0.15) is 4.34 Å². The molecular weight excluding hydrogens is 248 g/mol. The molecule has 90 valence electrons. The minimum atomic E-state index is 0.0724. The predicted molar refractivity (Wildman–Crippen MR) is 75.7 cm³/mol. The molecule has 1 aromatic heterocycles. The molecule has 0 radical (unpaired) electrons. The number of nitrogens with zero attached hydrogens (tertiary/aromatic N) is 1. The van der Waals surface area contributed by atoms with Gasteiger partial charge in [-0.15, -0.1) is 11.3 Å². The largest absolute Gasteiger partial charge is 0.323 e. The van der Waals surface area contributed by atoms with Crippen LogP contribution in [0.4, 0.5) is 0 Å². The smallest absolute Gasteiger partial charge is 0.149 e. The molecule has 0 bridgehead atoms. The first-order valence-corrected chi connectivity index (χ1v) is 7.38. The number of hydrogen-bond acceptors (Lipinski definition) is 4. The fraction of sp³-hybridized carbons (Fsp3) is 0.308. The highest BCUT2D eigenvalue weighted by Crippen LogP contribution is 2.25. The van der Waals surface area contributed by atoms with Crippen LogP contribution in [0.1, 0.15) is 22.7 Å². The summed E-state index contributed by atoms with van der Waals surface area (Å²) in [6.07, 6.45) is 1.83. The summed E-state index contributed by atoms with van der Waals surface area (Å²) in [5.41, 5.74) is 10.0. The quantitative estimate of drug-likeness (QED) is 0.858. The van der Waals surface area contributed by atoms with Crippen LogP contribution in [0, 0.1) is 13.8 Å². The molecule has 0 aliphatic heterocycles. The minimum absolute atomic E-state index is 0.0724. The van der Waals surface area contributed by atoms with E-state index >= 15 is 0 Å². The lowest BCUT2D eigenvalue weighted by atomic mass is 10.0. The van der Waals surface area contributed by atoms with Gasteiger partial charge in [0.15, 0.2) is 0 Å². The van der Waals surface area contributed by atoms with Gasteiger partial charge in [-0.05, 0) is 30.5 Å². The third kappa shape index (κ3) is 3.31. The van der Waals surface area contributed by atoms with E-state index in [1.54, 1.807) is 23.1 Å². The van der Waals surface area contributed by atoms with Gasteiger partial charge in [-0.3, -0.25) is 0 Å². The summed E-state index contributed by atoms with van der Waals surface area (Å²) in [7, 11) is 0. The molecule has 4 heteroatoms. The molecular formula is C13H16N2S2. The van der Waals surface area contributed by atoms with Crippen molar-refractivity contribution in [2.75, 3.05) is 5.75 Å². The zero-order valence-electron chi connectivity index (χ0n) is 10.0. The lowest BCUT2D eigenvalue weighted by Crippen LogP contribution is -2.13. The van der Waals surface area contributed by atoms with E-state index in [1.165, 1.54) is 16.7 Å². The van der Waals surface area contributed by atoms with Gasteiger partial charge in [-0.1, -0.05) is 30.0 Å². The van der Waals surface area contributed by atoms with E-state index in [2.05, 4.69) is 37.0 Å². The molecule has 2 aromatic rings. The summed E-state index contributed by atoms with van der Waals surface area (Å²) in [5, 5.41) is 1.99. The third-order valence-electron chi connectivity index (χ3n) is 2.76. The lowest BCUT2D eigenvalue weighted by molar-refractivity contribution is 0.828. The Morgan fingerprint density at radius 1 is 1.35 bits per heavy atom. The molecule has 2 nitrogen and oxygen atoms in total. The van der Waals surface area contributed by atoms with Crippen molar-refractivity contribution in [3.63, 3.8) is 0 Å². The fourth-order valence-electron chi connectivity index (χ4n) is 1.53. The van der Waals surface area contributed by atoms with Crippen molar-refractivity contribution in [1.29, 1.82) is 0 Å². The van der Waals surface area contributed by atoms with Crippen molar-refractivity contribution in [3.8, 4) is 0 Å². The average Bonchev–Trinajstić information content (AvgIpc) is 2.82. The van der Waals surface area contributed by atoms with Gasteiger partial charge in [0.05, 0.1) is 0 Å². The number of benzene rings is 1. The highest BCUT2D eigenvalue weighted by Gasteiger charge is 2.08. The number of nitrogens with two attached hydrogens (primary N) is 1. The summed E-state index contributed by atoms with van der Waals surface area (Å²) < 4.78 is 1.09. The first-order chi connectivity index (χ1) is 8.16. The SMILES string of the molecule is Cc1ccc(C(N)CSc2nccs2)cc1C. The maximum absolute atomic E-state index is 6.19. The van der Waals surface area contributed by atoms with Crippen molar-refractivity contribution in [3.05, 3.63) is 46.5 Å². The second kappa shape index (κ2) is 5.67. The Bertz CT molecular complexity index is 480. The molecule has 2 N–H and O–H groups in total. The van der Waals surface area contributed by atoms with Crippen LogP contribution in [0.5, 0.6) is 0 Å². The molecule has 0 spiro atoms. The summed E-state index contributed by atoms with van der Waals surface area (Å²) in [6.45, 7) is 4.24. The van der Waals surface area contributed by atoms with Gasteiger partial charge in [-0.2, -0.15) is 0 Å². The molecule has 2 rings (SSSR count). The number of rotatable bonds is 4. The molecule has 1 aromatic carbocycles. The molecule has 0 saturated heterocycles. The van der Waals surface area contributed by atoms with E-state index in [9.17, 15) is 0 Å². The Morgan fingerprint density at radius 2 is 2.18 bits per heavy atom. The van der Waals surface area contributed by atoms with E-state index in [4.69, 9.17) is 5.73 Å². The molecule has 0 aliphatic rings. The minimum Gasteiger partial charge on any atom is -0.323 e. The van der Waals surface area contributed by atoms with Crippen LogP contribution in [-0.4, -0.2) is 10.7 Å². The Kier molecular flexibility index (Phi) is 4.20. The topological polar surface area (TPSA) is 38.9 Å². The van der Waals surface area contributed by atoms with E-state index in [-0.39, 0.29) is 6.04 Å². The second-order valence-electron chi connectivity index (χ2n) is 4.06. The first kappa shape index (κ1) is 12.6. The number of aryl methyl sites for hydroxylation is 2. The monoisotopic (exact) mass is 264 g/mol. The molecule has 1 unspecified atom stereocenters. The molecule has 0 fully saturated rings. The summed E-state index contributed by atoms with van der Waals surface area (Å²) >= 11 is 3.38. The highest BCUT2D eigenvalue weighted by atomic mass is 32.2. The zero-order valence-corrected chi connectivity index (χ0v) is 11.6. The summed E-state index contributed by atoms with van der Waals surface area (Å²) in [6, 6.07) is 6.51. The van der Waals surface area contributed by atoms with Gasteiger partial charge in [-0.25, -0.2) is 4.98 Å². The van der Waals surface area contributed by atoms with Gasteiger partial charge in [0.25, 0.3) is 0 Å². The van der Waals surface area contributed by atoms with Crippen LogP contribution in [0.2, 0.25) is 0 Å². The van der Waals surface area contributed by atoms with Gasteiger partial charge in [0.2, 0.25) is 0 Å². The maximum Gasteiger partial charge on any atom is 0.149 e. The van der Waals surface area contributed by atoms with Crippen molar-refractivity contribution in [1.82, 2.24) is 4.98 Å². The molecule has 0 saturated carbocycles. The summed E-state index contributed by atoms with van der Waals surface area (Å²) in [5.74, 6) is 0.871. The number of hydrogen-bond donors (Lipinski definition) is 1. The van der Waals surface area contributed by atoms with Crippen molar-refractivity contribution >= 4 is 23.1 Å². The Balaban J connectivity index is 1.99. The third-order valence-corrected chi connectivity index (χ3v) is 4.84. The molecule has 0 amide bonds. The van der Waals surface area contributed by atoms with E-state index < -0.39 is 0 Å². The van der Waals surface area contributed by atoms with Gasteiger partial charge >= 0.3 is 0 Å². The Labute approximate surface area is 110 Å². The Morgan fingerprint density at radius 3 is 2.82 bits per heavy atom. The molecule has 17 heavy (non-hydrogen) atoms.